The van der Waals surface area contributed by atoms with E-state index >= 15 is 0 Å². The zero-order chi connectivity index (χ0) is 10.7. The Morgan fingerprint density at radius 3 is 2.64 bits per heavy atom. The minimum absolute atomic E-state index is 0.100. The van der Waals surface area contributed by atoms with Crippen LogP contribution >= 0.6 is 0 Å². The molecule has 4 heteroatoms. The Morgan fingerprint density at radius 1 is 1.50 bits per heavy atom. The Hall–Kier alpha value is -1.71. The van der Waals surface area contributed by atoms with Crippen molar-refractivity contribution in [2.45, 2.75) is 20.3 Å². The van der Waals surface area contributed by atoms with Gasteiger partial charge in [-0.1, -0.05) is 13.0 Å². The van der Waals surface area contributed by atoms with Gasteiger partial charge in [-0.15, -0.1) is 0 Å². The van der Waals surface area contributed by atoms with Gasteiger partial charge < -0.3 is 0 Å². The van der Waals surface area contributed by atoms with Crippen molar-refractivity contribution in [1.29, 1.82) is 0 Å². The third-order valence-corrected chi connectivity index (χ3v) is 1.97. The van der Waals surface area contributed by atoms with E-state index in [4.69, 9.17) is 0 Å². The second-order valence-corrected chi connectivity index (χ2v) is 3.05. The summed E-state index contributed by atoms with van der Waals surface area (Å²) in [5.41, 5.74) is 0.879. The van der Waals surface area contributed by atoms with Crippen LogP contribution in [0.4, 0.5) is 5.69 Å². The molecule has 0 amide bonds. The van der Waals surface area contributed by atoms with Crippen molar-refractivity contribution in [3.63, 3.8) is 0 Å². The molecule has 74 valence electrons. The molecular formula is C10H11NO3. The number of carbonyl (C=O) groups excluding carboxylic acids is 1. The molecule has 0 heterocycles. The SMILES string of the molecule is CCC(=O)c1ccc(C)cc1[N+](=O)[O-]. The maximum absolute atomic E-state index is 11.3. The molecule has 0 atom stereocenters. The lowest BCUT2D eigenvalue weighted by Crippen LogP contribution is -2.02. The lowest BCUT2D eigenvalue weighted by molar-refractivity contribution is -0.385. The second kappa shape index (κ2) is 4.00. The van der Waals surface area contributed by atoms with Crippen molar-refractivity contribution in [2.75, 3.05) is 0 Å². The standard InChI is InChI=1S/C10H11NO3/c1-3-10(12)8-5-4-7(2)6-9(8)11(13)14/h4-6H,3H2,1-2H3. The average molecular weight is 193 g/mol. The largest absolute Gasteiger partial charge is 0.294 e. The minimum Gasteiger partial charge on any atom is -0.294 e. The van der Waals surface area contributed by atoms with Crippen molar-refractivity contribution in [3.05, 3.63) is 39.4 Å². The normalized spacial score (nSPS) is 9.86. The number of rotatable bonds is 3. The summed E-state index contributed by atoms with van der Waals surface area (Å²) in [6.45, 7) is 3.44. The van der Waals surface area contributed by atoms with E-state index in [2.05, 4.69) is 0 Å². The summed E-state index contributed by atoms with van der Waals surface area (Å²) in [5, 5.41) is 10.6. The van der Waals surface area contributed by atoms with Gasteiger partial charge in [0.25, 0.3) is 5.69 Å². The lowest BCUT2D eigenvalue weighted by Gasteiger charge is -2.00. The van der Waals surface area contributed by atoms with Gasteiger partial charge in [-0.25, -0.2) is 0 Å². The summed E-state index contributed by atoms with van der Waals surface area (Å²) in [4.78, 5) is 21.5. The molecule has 1 aromatic carbocycles. The van der Waals surface area contributed by atoms with Crippen LogP contribution < -0.4 is 0 Å². The van der Waals surface area contributed by atoms with Gasteiger partial charge in [0.2, 0.25) is 0 Å². The molecule has 1 aromatic rings. The Bertz CT molecular complexity index is 385. The Kier molecular flexibility index (Phi) is 2.96. The minimum atomic E-state index is -0.518. The van der Waals surface area contributed by atoms with E-state index in [1.807, 2.05) is 0 Å². The van der Waals surface area contributed by atoms with Crippen LogP contribution in [0.1, 0.15) is 29.3 Å². The molecule has 0 N–H and O–H groups in total. The van der Waals surface area contributed by atoms with E-state index in [1.54, 1.807) is 19.9 Å². The predicted octanol–water partition coefficient (Wildman–Crippen LogP) is 2.50. The van der Waals surface area contributed by atoms with E-state index in [0.29, 0.717) is 0 Å². The first-order chi connectivity index (χ1) is 6.56. The molecule has 4 nitrogen and oxygen atoms in total. The van der Waals surface area contributed by atoms with Crippen LogP contribution in [0.5, 0.6) is 0 Å². The van der Waals surface area contributed by atoms with E-state index in [0.717, 1.165) is 5.56 Å². The number of nitro groups is 1. The first kappa shape index (κ1) is 10.4. The van der Waals surface area contributed by atoms with Crippen molar-refractivity contribution in [2.24, 2.45) is 0 Å². The molecule has 1 rings (SSSR count). The summed E-state index contributed by atoms with van der Waals surface area (Å²) < 4.78 is 0. The molecule has 0 bridgehead atoms. The Balaban J connectivity index is 3.28. The summed E-state index contributed by atoms with van der Waals surface area (Å²) in [7, 11) is 0. The highest BCUT2D eigenvalue weighted by molar-refractivity contribution is 5.99. The van der Waals surface area contributed by atoms with Gasteiger partial charge in [0.1, 0.15) is 0 Å². The highest BCUT2D eigenvalue weighted by atomic mass is 16.6. The molecule has 0 radical (unpaired) electrons. The monoisotopic (exact) mass is 193 g/mol. The highest BCUT2D eigenvalue weighted by Gasteiger charge is 2.18. The molecule has 0 aliphatic heterocycles. The number of hydrogen-bond acceptors (Lipinski definition) is 3. The van der Waals surface area contributed by atoms with Gasteiger partial charge >= 0.3 is 0 Å². The number of Topliss-reactive ketones (excluding diaryl/α,β-unsaturated/α-hetero) is 1. The van der Waals surface area contributed by atoms with Gasteiger partial charge in [0.05, 0.1) is 10.5 Å². The topological polar surface area (TPSA) is 60.2 Å². The smallest absolute Gasteiger partial charge is 0.280 e. The third-order valence-electron chi connectivity index (χ3n) is 1.97. The number of nitrogens with zero attached hydrogens (tertiary/aromatic N) is 1. The van der Waals surface area contributed by atoms with Crippen molar-refractivity contribution >= 4 is 11.5 Å². The van der Waals surface area contributed by atoms with E-state index in [-0.39, 0.29) is 23.5 Å². The van der Waals surface area contributed by atoms with Crippen molar-refractivity contribution in [3.8, 4) is 0 Å². The van der Waals surface area contributed by atoms with Gasteiger partial charge in [-0.3, -0.25) is 14.9 Å². The predicted molar refractivity (Wildman–Crippen MR) is 52.5 cm³/mol. The molecule has 0 saturated carbocycles. The summed E-state index contributed by atoms with van der Waals surface area (Å²) >= 11 is 0. The molecule has 0 spiro atoms. The van der Waals surface area contributed by atoms with Crippen LogP contribution in [0.2, 0.25) is 0 Å². The van der Waals surface area contributed by atoms with Gasteiger partial charge in [-0.2, -0.15) is 0 Å². The van der Waals surface area contributed by atoms with Crippen LogP contribution in [0, 0.1) is 17.0 Å². The fourth-order valence-corrected chi connectivity index (χ4v) is 1.22. The second-order valence-electron chi connectivity index (χ2n) is 3.05. The zero-order valence-corrected chi connectivity index (χ0v) is 8.11. The quantitative estimate of drug-likeness (QED) is 0.421. The van der Waals surface area contributed by atoms with Crippen molar-refractivity contribution < 1.29 is 9.72 Å². The molecule has 0 saturated heterocycles. The van der Waals surface area contributed by atoms with E-state index in [1.165, 1.54) is 12.1 Å². The summed E-state index contributed by atoms with van der Waals surface area (Å²) in [5.74, 6) is -0.197. The van der Waals surface area contributed by atoms with Crippen LogP contribution in [0.3, 0.4) is 0 Å². The van der Waals surface area contributed by atoms with Crippen LogP contribution in [-0.2, 0) is 0 Å². The number of benzene rings is 1. The van der Waals surface area contributed by atoms with Gasteiger partial charge in [0.15, 0.2) is 5.78 Å². The van der Waals surface area contributed by atoms with E-state index in [9.17, 15) is 14.9 Å². The molecule has 0 aliphatic rings. The number of aryl methyl sites for hydroxylation is 1. The fraction of sp³-hybridized carbons (Fsp3) is 0.300. The third kappa shape index (κ3) is 1.96. The molecule has 14 heavy (non-hydrogen) atoms. The van der Waals surface area contributed by atoms with Crippen molar-refractivity contribution in [1.82, 2.24) is 0 Å². The molecule has 0 aromatic heterocycles. The number of nitro benzene ring substituents is 1. The lowest BCUT2D eigenvalue weighted by atomic mass is 10.0. The first-order valence-electron chi connectivity index (χ1n) is 4.34. The summed E-state index contributed by atoms with van der Waals surface area (Å²) in [6.07, 6.45) is 0.282. The average Bonchev–Trinajstić information content (AvgIpc) is 2.16. The molecule has 0 fully saturated rings. The molecular weight excluding hydrogens is 182 g/mol. The Morgan fingerprint density at radius 2 is 2.14 bits per heavy atom. The van der Waals surface area contributed by atoms with Crippen LogP contribution in [0.15, 0.2) is 18.2 Å². The van der Waals surface area contributed by atoms with Crippen LogP contribution in [-0.4, -0.2) is 10.7 Å². The number of ketones is 1. The Labute approximate surface area is 81.7 Å². The molecule has 0 aliphatic carbocycles. The number of carbonyl (C=O) groups is 1. The maximum Gasteiger partial charge on any atom is 0.280 e. The summed E-state index contributed by atoms with van der Waals surface area (Å²) in [6, 6.07) is 4.64. The molecule has 0 unspecified atom stereocenters. The number of hydrogen-bond donors (Lipinski definition) is 0. The van der Waals surface area contributed by atoms with Gasteiger partial charge in [0, 0.05) is 12.5 Å². The van der Waals surface area contributed by atoms with Crippen LogP contribution in [0.25, 0.3) is 0 Å². The first-order valence-corrected chi connectivity index (χ1v) is 4.34. The maximum atomic E-state index is 11.3. The van der Waals surface area contributed by atoms with Gasteiger partial charge in [-0.05, 0) is 18.6 Å². The van der Waals surface area contributed by atoms with E-state index < -0.39 is 4.92 Å². The zero-order valence-electron chi connectivity index (χ0n) is 8.11. The highest BCUT2D eigenvalue weighted by Crippen LogP contribution is 2.21. The fourth-order valence-electron chi connectivity index (χ4n) is 1.22.